The molecule has 0 saturated carbocycles. The van der Waals surface area contributed by atoms with Gasteiger partial charge in [-0.2, -0.15) is 0 Å². The largest absolute Gasteiger partial charge is 0.312 e. The first-order valence-corrected chi connectivity index (χ1v) is 3.23. The van der Waals surface area contributed by atoms with Crippen LogP contribution in [0.4, 0.5) is 17.6 Å². The Balaban J connectivity index is 3.34. The van der Waals surface area contributed by atoms with Gasteiger partial charge in [-0.05, 0) is 6.07 Å². The lowest BCUT2D eigenvalue weighted by atomic mass is 10.2. The highest BCUT2D eigenvalue weighted by Gasteiger charge is 2.19. The third-order valence-corrected chi connectivity index (χ3v) is 1.43. The summed E-state index contributed by atoms with van der Waals surface area (Å²) in [5, 5.41) is 0. The van der Waals surface area contributed by atoms with Crippen LogP contribution < -0.4 is 0 Å². The molecule has 5 heteroatoms. The Hall–Kier alpha value is -1.57. The van der Waals surface area contributed by atoms with Crippen LogP contribution in [0.25, 0.3) is 4.85 Å². The topological polar surface area (TPSA) is 4.36 Å². The van der Waals surface area contributed by atoms with Crippen molar-refractivity contribution in [2.45, 2.75) is 6.54 Å². The van der Waals surface area contributed by atoms with Crippen LogP contribution in [-0.2, 0) is 6.54 Å². The first-order chi connectivity index (χ1) is 6.07. The Bertz CT molecular complexity index is 381. The van der Waals surface area contributed by atoms with E-state index in [0.717, 1.165) is 0 Å². The summed E-state index contributed by atoms with van der Waals surface area (Å²) in [7, 11) is 0. The fourth-order valence-corrected chi connectivity index (χ4v) is 0.822. The molecule has 0 spiro atoms. The Morgan fingerprint density at radius 3 is 2.23 bits per heavy atom. The van der Waals surface area contributed by atoms with Gasteiger partial charge in [0.05, 0.1) is 5.56 Å². The van der Waals surface area contributed by atoms with E-state index in [4.69, 9.17) is 6.57 Å². The molecule has 0 aromatic heterocycles. The van der Waals surface area contributed by atoms with E-state index in [9.17, 15) is 17.6 Å². The number of nitrogens with zero attached hydrogens (tertiary/aromatic N) is 1. The van der Waals surface area contributed by atoms with Crippen molar-refractivity contribution in [1.29, 1.82) is 0 Å². The number of hydrogen-bond acceptors (Lipinski definition) is 0. The van der Waals surface area contributed by atoms with Crippen LogP contribution in [0.1, 0.15) is 5.56 Å². The normalized spacial score (nSPS) is 9.77. The van der Waals surface area contributed by atoms with E-state index in [2.05, 4.69) is 4.85 Å². The molecule has 0 heterocycles. The third-order valence-electron chi connectivity index (χ3n) is 1.43. The summed E-state index contributed by atoms with van der Waals surface area (Å²) in [6.07, 6.45) is 0. The third kappa shape index (κ3) is 1.61. The molecular weight excluding hydrogens is 186 g/mol. The van der Waals surface area contributed by atoms with Crippen molar-refractivity contribution in [1.82, 2.24) is 0 Å². The maximum absolute atomic E-state index is 12.7. The lowest BCUT2D eigenvalue weighted by molar-refractivity contribution is 0.405. The second-order valence-electron chi connectivity index (χ2n) is 2.28. The zero-order valence-corrected chi connectivity index (χ0v) is 6.24. The molecule has 0 aliphatic rings. The number of rotatable bonds is 1. The summed E-state index contributed by atoms with van der Waals surface area (Å²) in [6.45, 7) is 5.84. The summed E-state index contributed by atoms with van der Waals surface area (Å²) in [5.74, 6) is -6.72. The first kappa shape index (κ1) is 9.52. The van der Waals surface area contributed by atoms with E-state index < -0.39 is 35.4 Å². The second-order valence-corrected chi connectivity index (χ2v) is 2.28. The van der Waals surface area contributed by atoms with Gasteiger partial charge in [-0.1, -0.05) is 0 Å². The minimum absolute atomic E-state index is 0.478. The average Bonchev–Trinajstić information content (AvgIpc) is 2.11. The van der Waals surface area contributed by atoms with Crippen molar-refractivity contribution in [3.8, 4) is 0 Å². The van der Waals surface area contributed by atoms with Crippen LogP contribution in [0, 0.1) is 29.8 Å². The molecule has 0 radical (unpaired) electrons. The summed E-state index contributed by atoms with van der Waals surface area (Å²) in [6, 6.07) is 0.478. The van der Waals surface area contributed by atoms with Gasteiger partial charge >= 0.3 is 0 Å². The lowest BCUT2D eigenvalue weighted by Gasteiger charge is -1.99. The molecule has 0 N–H and O–H groups in total. The van der Waals surface area contributed by atoms with Gasteiger partial charge in [0.15, 0.2) is 23.3 Å². The standard InChI is InChI=1S/C8H3F4N/c1-13-3-4-2-5(9)7(11)8(12)6(4)10/h2H,3H2. The maximum Gasteiger partial charge on any atom is 0.242 e. The van der Waals surface area contributed by atoms with Gasteiger partial charge < -0.3 is 4.85 Å². The highest BCUT2D eigenvalue weighted by atomic mass is 19.2. The van der Waals surface area contributed by atoms with Crippen LogP contribution in [-0.4, -0.2) is 0 Å². The average molecular weight is 189 g/mol. The molecule has 1 aromatic carbocycles. The van der Waals surface area contributed by atoms with Gasteiger partial charge in [-0.25, -0.2) is 24.1 Å². The molecule has 1 aromatic rings. The maximum atomic E-state index is 12.7. The minimum Gasteiger partial charge on any atom is -0.312 e. The molecule has 0 fully saturated rings. The SMILES string of the molecule is [C-]#[N+]Cc1cc(F)c(F)c(F)c1F. The number of halogens is 4. The monoisotopic (exact) mass is 189 g/mol. The van der Waals surface area contributed by atoms with Crippen molar-refractivity contribution < 1.29 is 17.6 Å². The molecule has 68 valence electrons. The Kier molecular flexibility index (Phi) is 2.52. The Labute approximate surface area is 71.4 Å². The van der Waals surface area contributed by atoms with Gasteiger partial charge in [-0.15, -0.1) is 0 Å². The highest BCUT2D eigenvalue weighted by Crippen LogP contribution is 2.19. The Morgan fingerprint density at radius 2 is 1.69 bits per heavy atom. The van der Waals surface area contributed by atoms with E-state index >= 15 is 0 Å². The van der Waals surface area contributed by atoms with Gasteiger partial charge in [0.2, 0.25) is 6.54 Å². The summed E-state index contributed by atoms with van der Waals surface area (Å²) in [5.41, 5.74) is -0.480. The predicted octanol–water partition coefficient (Wildman–Crippen LogP) is 2.66. The summed E-state index contributed by atoms with van der Waals surface area (Å²) in [4.78, 5) is 2.73. The van der Waals surface area contributed by atoms with Crippen molar-refractivity contribution in [2.24, 2.45) is 0 Å². The van der Waals surface area contributed by atoms with Gasteiger partial charge in [0.1, 0.15) is 0 Å². The van der Waals surface area contributed by atoms with Crippen LogP contribution in [0.15, 0.2) is 6.07 Å². The van der Waals surface area contributed by atoms with E-state index in [-0.39, 0.29) is 0 Å². The zero-order valence-electron chi connectivity index (χ0n) is 6.24. The van der Waals surface area contributed by atoms with Crippen LogP contribution in [0.5, 0.6) is 0 Å². The van der Waals surface area contributed by atoms with Gasteiger partial charge in [-0.3, -0.25) is 0 Å². The van der Waals surface area contributed by atoms with E-state index in [1.54, 1.807) is 0 Å². The lowest BCUT2D eigenvalue weighted by Crippen LogP contribution is -2.00. The van der Waals surface area contributed by atoms with E-state index in [1.807, 2.05) is 0 Å². The number of hydrogen-bond donors (Lipinski definition) is 0. The van der Waals surface area contributed by atoms with Crippen LogP contribution in [0.3, 0.4) is 0 Å². The first-order valence-electron chi connectivity index (χ1n) is 3.23. The molecule has 0 aliphatic heterocycles. The van der Waals surface area contributed by atoms with Crippen LogP contribution >= 0.6 is 0 Å². The molecule has 1 nitrogen and oxygen atoms in total. The molecule has 1 rings (SSSR count). The molecule has 0 bridgehead atoms. The molecule has 0 saturated heterocycles. The van der Waals surface area contributed by atoms with Gasteiger partial charge in [0.25, 0.3) is 0 Å². The van der Waals surface area contributed by atoms with Crippen molar-refractivity contribution in [3.63, 3.8) is 0 Å². The number of benzene rings is 1. The van der Waals surface area contributed by atoms with Crippen molar-refractivity contribution >= 4 is 0 Å². The predicted molar refractivity (Wildman–Crippen MR) is 36.6 cm³/mol. The molecule has 0 aliphatic carbocycles. The quantitative estimate of drug-likeness (QED) is 0.277. The zero-order chi connectivity index (χ0) is 10.0. The minimum atomic E-state index is -1.88. The molecule has 0 unspecified atom stereocenters. The fourth-order valence-electron chi connectivity index (χ4n) is 0.822. The molecular formula is C8H3F4N. The Morgan fingerprint density at radius 1 is 1.08 bits per heavy atom. The van der Waals surface area contributed by atoms with Crippen molar-refractivity contribution in [2.75, 3.05) is 0 Å². The molecule has 13 heavy (non-hydrogen) atoms. The van der Waals surface area contributed by atoms with E-state index in [1.165, 1.54) is 0 Å². The summed E-state index contributed by atoms with van der Waals surface area (Å²) < 4.78 is 50.0. The molecule has 0 amide bonds. The fraction of sp³-hybridized carbons (Fsp3) is 0.125. The molecule has 0 atom stereocenters. The second kappa shape index (κ2) is 3.44. The smallest absolute Gasteiger partial charge is 0.242 e. The van der Waals surface area contributed by atoms with Gasteiger partial charge in [0, 0.05) is 0 Å². The summed E-state index contributed by atoms with van der Waals surface area (Å²) >= 11 is 0. The van der Waals surface area contributed by atoms with Crippen molar-refractivity contribution in [3.05, 3.63) is 46.3 Å². The van der Waals surface area contributed by atoms with E-state index in [0.29, 0.717) is 6.07 Å². The van der Waals surface area contributed by atoms with Crippen LogP contribution in [0.2, 0.25) is 0 Å². The highest BCUT2D eigenvalue weighted by molar-refractivity contribution is 5.22.